The minimum absolute atomic E-state index is 0.0249. The number of ketones is 1. The maximum Gasteiger partial charge on any atom is 0.194 e. The second-order valence-electron chi connectivity index (χ2n) is 5.74. The van der Waals surface area contributed by atoms with Crippen LogP contribution in [0.4, 0.5) is 18.9 Å². The van der Waals surface area contributed by atoms with Gasteiger partial charge in [0.2, 0.25) is 0 Å². The number of hydrogen-bond acceptors (Lipinski definition) is 4. The first-order valence-electron chi connectivity index (χ1n) is 7.20. The molecule has 0 saturated carbocycles. The summed E-state index contributed by atoms with van der Waals surface area (Å²) in [6, 6.07) is 5.78. The molecule has 0 atom stereocenters. The zero-order valence-electron chi connectivity index (χ0n) is 13.8. The Kier molecular flexibility index (Phi) is 5.22. The quantitative estimate of drug-likeness (QED) is 0.598. The van der Waals surface area contributed by atoms with E-state index in [4.69, 9.17) is 0 Å². The molecule has 0 amide bonds. The van der Waals surface area contributed by atoms with Gasteiger partial charge in [0.25, 0.3) is 0 Å². The molecule has 8 heteroatoms. The number of Topliss-reactive ketones (excluding diaryl/α,β-unsaturated/α-hetero) is 1. The minimum atomic E-state index is -3.60. The van der Waals surface area contributed by atoms with Crippen LogP contribution in [-0.4, -0.2) is 27.5 Å². The summed E-state index contributed by atoms with van der Waals surface area (Å²) < 4.78 is 63.7. The summed E-state index contributed by atoms with van der Waals surface area (Å²) in [7, 11) is -2.09. The fourth-order valence-corrected chi connectivity index (χ4v) is 3.32. The number of nitrogens with zero attached hydrogens (tertiary/aromatic N) is 1. The van der Waals surface area contributed by atoms with E-state index in [1.165, 1.54) is 37.1 Å². The van der Waals surface area contributed by atoms with Crippen LogP contribution in [0.15, 0.2) is 35.2 Å². The number of sulfone groups is 1. The number of benzene rings is 2. The molecule has 0 aliphatic rings. The highest BCUT2D eigenvalue weighted by molar-refractivity contribution is 7.90. The highest BCUT2D eigenvalue weighted by Crippen LogP contribution is 2.28. The van der Waals surface area contributed by atoms with Gasteiger partial charge in [-0.3, -0.25) is 4.79 Å². The fraction of sp³-hybridized carbons (Fsp3) is 0.235. The van der Waals surface area contributed by atoms with Crippen molar-refractivity contribution in [3.8, 4) is 0 Å². The second kappa shape index (κ2) is 6.87. The fourth-order valence-electron chi connectivity index (χ4n) is 2.41. The predicted octanol–water partition coefficient (Wildman–Crippen LogP) is 3.35. The van der Waals surface area contributed by atoms with Crippen LogP contribution in [0.1, 0.15) is 22.8 Å². The highest BCUT2D eigenvalue weighted by Gasteiger charge is 2.19. The average Bonchev–Trinajstić information content (AvgIpc) is 2.50. The average molecular weight is 371 g/mol. The van der Waals surface area contributed by atoms with Crippen LogP contribution in [0, 0.1) is 17.5 Å². The van der Waals surface area contributed by atoms with Gasteiger partial charge in [-0.2, -0.15) is 0 Å². The molecular formula is C17H16F3NO3S. The molecule has 0 aliphatic carbocycles. The van der Waals surface area contributed by atoms with Crippen LogP contribution in [0.2, 0.25) is 0 Å². The number of hydrogen-bond donors (Lipinski definition) is 0. The molecule has 0 heterocycles. The van der Waals surface area contributed by atoms with Crippen molar-refractivity contribution < 1.29 is 26.4 Å². The topological polar surface area (TPSA) is 54.5 Å². The van der Waals surface area contributed by atoms with E-state index in [9.17, 15) is 26.4 Å². The summed E-state index contributed by atoms with van der Waals surface area (Å²) in [4.78, 5) is 13.0. The number of anilines is 1. The van der Waals surface area contributed by atoms with Crippen molar-refractivity contribution in [3.05, 3.63) is 58.9 Å². The zero-order chi connectivity index (χ0) is 18.9. The van der Waals surface area contributed by atoms with E-state index >= 15 is 0 Å². The molecule has 4 nitrogen and oxygen atoms in total. The van der Waals surface area contributed by atoms with E-state index in [1.54, 1.807) is 0 Å². The molecule has 0 fully saturated rings. The van der Waals surface area contributed by atoms with Crippen molar-refractivity contribution in [1.82, 2.24) is 0 Å². The molecule has 0 bridgehead atoms. The summed E-state index contributed by atoms with van der Waals surface area (Å²) in [5.41, 5.74) is 0.623. The number of carbonyl (C=O) groups is 1. The van der Waals surface area contributed by atoms with E-state index in [2.05, 4.69) is 0 Å². The molecule has 0 N–H and O–H groups in total. The minimum Gasteiger partial charge on any atom is -0.369 e. The molecule has 25 heavy (non-hydrogen) atoms. The summed E-state index contributed by atoms with van der Waals surface area (Å²) >= 11 is 0. The van der Waals surface area contributed by atoms with Crippen molar-refractivity contribution in [2.45, 2.75) is 18.4 Å². The lowest BCUT2D eigenvalue weighted by Crippen LogP contribution is -2.20. The van der Waals surface area contributed by atoms with Gasteiger partial charge in [0.15, 0.2) is 33.1 Å². The van der Waals surface area contributed by atoms with Crippen LogP contribution in [-0.2, 0) is 16.4 Å². The molecule has 0 radical (unpaired) electrons. The molecule has 2 aromatic carbocycles. The largest absolute Gasteiger partial charge is 0.369 e. The Morgan fingerprint density at radius 3 is 2.12 bits per heavy atom. The molecule has 0 aliphatic heterocycles. The van der Waals surface area contributed by atoms with Crippen molar-refractivity contribution in [2.24, 2.45) is 0 Å². The summed E-state index contributed by atoms with van der Waals surface area (Å²) in [5.74, 6) is -4.48. The van der Waals surface area contributed by atoms with E-state index in [1.807, 2.05) is 0 Å². The zero-order valence-corrected chi connectivity index (χ0v) is 14.6. The van der Waals surface area contributed by atoms with Crippen molar-refractivity contribution in [1.29, 1.82) is 0 Å². The van der Waals surface area contributed by atoms with Crippen molar-refractivity contribution in [2.75, 3.05) is 18.2 Å². The first kappa shape index (κ1) is 19.0. The number of rotatable bonds is 5. The Bertz CT molecular complexity index is 919. The Balaban J connectivity index is 2.49. The first-order valence-corrected chi connectivity index (χ1v) is 9.09. The monoisotopic (exact) mass is 371 g/mol. The third kappa shape index (κ3) is 4.19. The Hall–Kier alpha value is -2.35. The summed E-state index contributed by atoms with van der Waals surface area (Å²) in [5, 5.41) is 0. The van der Waals surface area contributed by atoms with E-state index in [0.29, 0.717) is 5.56 Å². The molecule has 2 aromatic rings. The van der Waals surface area contributed by atoms with Gasteiger partial charge in [-0.05, 0) is 42.8 Å². The smallest absolute Gasteiger partial charge is 0.194 e. The summed E-state index contributed by atoms with van der Waals surface area (Å²) in [6.07, 6.45) is 1.02. The molecule has 0 spiro atoms. The summed E-state index contributed by atoms with van der Waals surface area (Å²) in [6.45, 7) is 1.25. The van der Waals surface area contributed by atoms with Crippen LogP contribution in [0.3, 0.4) is 0 Å². The Morgan fingerprint density at radius 1 is 1.08 bits per heavy atom. The van der Waals surface area contributed by atoms with Crippen LogP contribution >= 0.6 is 0 Å². The lowest BCUT2D eigenvalue weighted by atomic mass is 10.1. The first-order chi connectivity index (χ1) is 11.5. The maximum absolute atomic E-state index is 13.4. The van der Waals surface area contributed by atoms with E-state index < -0.39 is 27.3 Å². The van der Waals surface area contributed by atoms with Gasteiger partial charge in [0.05, 0.1) is 10.6 Å². The predicted molar refractivity (Wildman–Crippen MR) is 88.0 cm³/mol. The van der Waals surface area contributed by atoms with Crippen molar-refractivity contribution >= 4 is 21.3 Å². The van der Waals surface area contributed by atoms with Gasteiger partial charge < -0.3 is 4.90 Å². The molecule has 0 unspecified atom stereocenters. The number of carbonyl (C=O) groups excluding carboxylic acids is 1. The van der Waals surface area contributed by atoms with Gasteiger partial charge in [0.1, 0.15) is 0 Å². The van der Waals surface area contributed by atoms with Gasteiger partial charge in [-0.1, -0.05) is 0 Å². The molecule has 2 rings (SSSR count). The van der Waals surface area contributed by atoms with Crippen LogP contribution in [0.5, 0.6) is 0 Å². The van der Waals surface area contributed by atoms with Gasteiger partial charge in [0, 0.05) is 25.4 Å². The lowest BCUT2D eigenvalue weighted by molar-refractivity contribution is 0.101. The van der Waals surface area contributed by atoms with Crippen LogP contribution in [0.25, 0.3) is 0 Å². The van der Waals surface area contributed by atoms with Crippen LogP contribution < -0.4 is 4.90 Å². The third-order valence-corrected chi connectivity index (χ3v) is 4.78. The standard InChI is InChI=1S/C17H16F3NO3S/c1-10(22)12-4-5-16(25(3,23)24)15(8-12)21(2)9-11-6-13(18)17(20)14(19)7-11/h4-8H,9H2,1-3H3. The normalized spacial score (nSPS) is 11.4. The van der Waals surface area contributed by atoms with E-state index in [-0.39, 0.29) is 28.5 Å². The highest BCUT2D eigenvalue weighted by atomic mass is 32.2. The van der Waals surface area contributed by atoms with Gasteiger partial charge >= 0.3 is 0 Å². The third-order valence-electron chi connectivity index (χ3n) is 3.64. The lowest BCUT2D eigenvalue weighted by Gasteiger charge is -2.23. The molecule has 0 saturated heterocycles. The SMILES string of the molecule is CC(=O)c1ccc(S(C)(=O)=O)c(N(C)Cc2cc(F)c(F)c(F)c2)c1. The molecule has 134 valence electrons. The van der Waals surface area contributed by atoms with Gasteiger partial charge in [-0.15, -0.1) is 0 Å². The maximum atomic E-state index is 13.4. The number of halogens is 3. The second-order valence-corrected chi connectivity index (χ2v) is 7.72. The molecule has 0 aromatic heterocycles. The Morgan fingerprint density at radius 2 is 1.64 bits per heavy atom. The van der Waals surface area contributed by atoms with Gasteiger partial charge in [-0.25, -0.2) is 21.6 Å². The molecular weight excluding hydrogens is 355 g/mol. The van der Waals surface area contributed by atoms with E-state index in [0.717, 1.165) is 18.4 Å². The Labute approximate surface area is 143 Å². The van der Waals surface area contributed by atoms with Crippen molar-refractivity contribution in [3.63, 3.8) is 0 Å².